The smallest absolute Gasteiger partial charge is 0.0753 e. The quantitative estimate of drug-likeness (QED) is 0.800. The lowest BCUT2D eigenvalue weighted by molar-refractivity contribution is 0.346. The van der Waals surface area contributed by atoms with E-state index in [1.807, 2.05) is 12.3 Å². The van der Waals surface area contributed by atoms with Crippen molar-refractivity contribution in [1.29, 1.82) is 0 Å². The molecule has 1 unspecified atom stereocenters. The van der Waals surface area contributed by atoms with Gasteiger partial charge in [0.2, 0.25) is 0 Å². The van der Waals surface area contributed by atoms with Crippen LogP contribution in [0.15, 0.2) is 18.5 Å². The Bertz CT molecular complexity index is 299. The highest BCUT2D eigenvalue weighted by Gasteiger charge is 2.45. The second-order valence-corrected chi connectivity index (χ2v) is 5.09. The molecule has 15 heavy (non-hydrogen) atoms. The predicted molar refractivity (Wildman–Crippen MR) is 61.7 cm³/mol. The van der Waals surface area contributed by atoms with E-state index in [1.54, 1.807) is 0 Å². The van der Waals surface area contributed by atoms with E-state index in [2.05, 4.69) is 42.1 Å². The molecular formula is C12H21N3. The fourth-order valence-corrected chi connectivity index (χ4v) is 1.77. The summed E-state index contributed by atoms with van der Waals surface area (Å²) in [4.78, 5) is 0. The molecule has 0 radical (unpaired) electrons. The van der Waals surface area contributed by atoms with Crippen molar-refractivity contribution in [3.05, 3.63) is 18.5 Å². The van der Waals surface area contributed by atoms with Crippen LogP contribution >= 0.6 is 0 Å². The molecule has 1 aromatic rings. The lowest BCUT2D eigenvalue weighted by atomic mass is 10.1. The van der Waals surface area contributed by atoms with Crippen molar-refractivity contribution in [3.63, 3.8) is 0 Å². The molecule has 84 valence electrons. The summed E-state index contributed by atoms with van der Waals surface area (Å²) >= 11 is 0. The first-order valence-corrected chi connectivity index (χ1v) is 5.87. The first-order chi connectivity index (χ1) is 7.14. The Balaban J connectivity index is 1.90. The van der Waals surface area contributed by atoms with E-state index in [0.717, 1.165) is 6.54 Å². The Morgan fingerprint density at radius 3 is 2.60 bits per heavy atom. The highest BCUT2D eigenvalue weighted by atomic mass is 15.3. The number of aromatic nitrogens is 2. The molecule has 1 heterocycles. The van der Waals surface area contributed by atoms with Gasteiger partial charge >= 0.3 is 0 Å². The summed E-state index contributed by atoms with van der Waals surface area (Å²) in [7, 11) is 0. The van der Waals surface area contributed by atoms with E-state index in [4.69, 9.17) is 0 Å². The van der Waals surface area contributed by atoms with Crippen molar-refractivity contribution in [2.24, 2.45) is 5.92 Å². The molecule has 1 aliphatic rings. The van der Waals surface area contributed by atoms with Crippen LogP contribution in [0.3, 0.4) is 0 Å². The molecule has 1 atom stereocenters. The molecule has 0 spiro atoms. The van der Waals surface area contributed by atoms with Crippen molar-refractivity contribution < 1.29 is 0 Å². The SMILES string of the molecule is CC(C)C(C)NCC1(n2cccn2)CC1. The number of rotatable bonds is 5. The molecule has 3 heteroatoms. The van der Waals surface area contributed by atoms with E-state index < -0.39 is 0 Å². The Morgan fingerprint density at radius 2 is 2.13 bits per heavy atom. The largest absolute Gasteiger partial charge is 0.312 e. The third-order valence-corrected chi connectivity index (χ3v) is 3.57. The Hall–Kier alpha value is -0.830. The van der Waals surface area contributed by atoms with Gasteiger partial charge < -0.3 is 5.32 Å². The molecule has 0 aliphatic heterocycles. The maximum absolute atomic E-state index is 4.35. The van der Waals surface area contributed by atoms with Gasteiger partial charge in [0.15, 0.2) is 0 Å². The summed E-state index contributed by atoms with van der Waals surface area (Å²) < 4.78 is 2.12. The monoisotopic (exact) mass is 207 g/mol. The average Bonchev–Trinajstić information content (AvgIpc) is 2.78. The molecule has 1 N–H and O–H groups in total. The third-order valence-electron chi connectivity index (χ3n) is 3.57. The minimum absolute atomic E-state index is 0.284. The molecule has 0 aromatic carbocycles. The van der Waals surface area contributed by atoms with Crippen LogP contribution in [0, 0.1) is 5.92 Å². The number of nitrogens with zero attached hydrogens (tertiary/aromatic N) is 2. The van der Waals surface area contributed by atoms with Crippen molar-refractivity contribution in [2.45, 2.75) is 45.2 Å². The highest BCUT2D eigenvalue weighted by Crippen LogP contribution is 2.42. The number of hydrogen-bond donors (Lipinski definition) is 1. The van der Waals surface area contributed by atoms with Gasteiger partial charge in [-0.25, -0.2) is 0 Å². The zero-order chi connectivity index (χ0) is 10.9. The Kier molecular flexibility index (Phi) is 2.83. The summed E-state index contributed by atoms with van der Waals surface area (Å²) in [6.07, 6.45) is 6.46. The fraction of sp³-hybridized carbons (Fsp3) is 0.750. The second-order valence-electron chi connectivity index (χ2n) is 5.09. The van der Waals surface area contributed by atoms with E-state index in [9.17, 15) is 0 Å². The molecule has 0 bridgehead atoms. The fourth-order valence-electron chi connectivity index (χ4n) is 1.77. The second kappa shape index (κ2) is 3.97. The minimum atomic E-state index is 0.284. The average molecular weight is 207 g/mol. The van der Waals surface area contributed by atoms with Crippen molar-refractivity contribution in [3.8, 4) is 0 Å². The van der Waals surface area contributed by atoms with Crippen LogP contribution < -0.4 is 5.32 Å². The van der Waals surface area contributed by atoms with Crippen LogP contribution in [-0.2, 0) is 5.54 Å². The minimum Gasteiger partial charge on any atom is -0.312 e. The van der Waals surface area contributed by atoms with E-state index in [0.29, 0.717) is 12.0 Å². The molecular weight excluding hydrogens is 186 g/mol. The Morgan fingerprint density at radius 1 is 1.40 bits per heavy atom. The van der Waals surface area contributed by atoms with Crippen LogP contribution in [-0.4, -0.2) is 22.4 Å². The number of nitrogens with one attached hydrogen (secondary N) is 1. The van der Waals surface area contributed by atoms with Gasteiger partial charge in [0, 0.05) is 25.0 Å². The summed E-state index contributed by atoms with van der Waals surface area (Å²) in [5.41, 5.74) is 0.284. The van der Waals surface area contributed by atoms with Crippen LogP contribution in [0.2, 0.25) is 0 Å². The van der Waals surface area contributed by atoms with Gasteiger partial charge in [-0.05, 0) is 31.7 Å². The van der Waals surface area contributed by atoms with Crippen LogP contribution in [0.4, 0.5) is 0 Å². The van der Waals surface area contributed by atoms with Gasteiger partial charge in [0.25, 0.3) is 0 Å². The summed E-state index contributed by atoms with van der Waals surface area (Å²) in [5, 5.41) is 7.96. The first kappa shape index (κ1) is 10.7. The molecule has 1 saturated carbocycles. The maximum Gasteiger partial charge on any atom is 0.0753 e. The van der Waals surface area contributed by atoms with Gasteiger partial charge in [0.05, 0.1) is 5.54 Å². The van der Waals surface area contributed by atoms with E-state index >= 15 is 0 Å². The van der Waals surface area contributed by atoms with Gasteiger partial charge in [-0.3, -0.25) is 4.68 Å². The molecule has 1 fully saturated rings. The van der Waals surface area contributed by atoms with Crippen molar-refractivity contribution in [2.75, 3.05) is 6.54 Å². The topological polar surface area (TPSA) is 29.9 Å². The molecule has 0 amide bonds. The third kappa shape index (κ3) is 2.23. The van der Waals surface area contributed by atoms with Gasteiger partial charge in [0.1, 0.15) is 0 Å². The number of hydrogen-bond acceptors (Lipinski definition) is 2. The predicted octanol–water partition coefficient (Wildman–Crippen LogP) is 2.01. The molecule has 2 rings (SSSR count). The molecule has 3 nitrogen and oxygen atoms in total. The van der Waals surface area contributed by atoms with Crippen molar-refractivity contribution in [1.82, 2.24) is 15.1 Å². The summed E-state index contributed by atoms with van der Waals surface area (Å²) in [6.45, 7) is 7.81. The normalized spacial score (nSPS) is 20.5. The lowest BCUT2D eigenvalue weighted by Gasteiger charge is -2.22. The lowest BCUT2D eigenvalue weighted by Crippen LogP contribution is -2.39. The van der Waals surface area contributed by atoms with Gasteiger partial charge in [-0.15, -0.1) is 0 Å². The Labute approximate surface area is 91.9 Å². The van der Waals surface area contributed by atoms with Gasteiger partial charge in [-0.2, -0.15) is 5.10 Å². The molecule has 1 aromatic heterocycles. The maximum atomic E-state index is 4.35. The summed E-state index contributed by atoms with van der Waals surface area (Å²) in [6, 6.07) is 2.59. The highest BCUT2D eigenvalue weighted by molar-refractivity contribution is 5.02. The van der Waals surface area contributed by atoms with Crippen LogP contribution in [0.1, 0.15) is 33.6 Å². The van der Waals surface area contributed by atoms with E-state index in [-0.39, 0.29) is 5.54 Å². The van der Waals surface area contributed by atoms with E-state index in [1.165, 1.54) is 12.8 Å². The zero-order valence-corrected chi connectivity index (χ0v) is 9.90. The van der Waals surface area contributed by atoms with Crippen LogP contribution in [0.25, 0.3) is 0 Å². The van der Waals surface area contributed by atoms with Crippen molar-refractivity contribution >= 4 is 0 Å². The summed E-state index contributed by atoms with van der Waals surface area (Å²) in [5.74, 6) is 0.693. The molecule has 1 aliphatic carbocycles. The first-order valence-electron chi connectivity index (χ1n) is 5.87. The van der Waals surface area contributed by atoms with Crippen LogP contribution in [0.5, 0.6) is 0 Å². The van der Waals surface area contributed by atoms with Gasteiger partial charge in [-0.1, -0.05) is 13.8 Å². The molecule has 0 saturated heterocycles. The standard InChI is InChI=1S/C12H21N3/c1-10(2)11(3)13-9-12(5-6-12)15-8-4-7-14-15/h4,7-8,10-11,13H,5-6,9H2,1-3H3. The zero-order valence-electron chi connectivity index (χ0n) is 9.90.